The zero-order valence-corrected chi connectivity index (χ0v) is 9.54. The van der Waals surface area contributed by atoms with E-state index in [0.717, 1.165) is 0 Å². The van der Waals surface area contributed by atoms with Crippen molar-refractivity contribution in [1.82, 2.24) is 15.0 Å². The second-order valence-corrected chi connectivity index (χ2v) is 4.23. The number of hydrogen-bond donors (Lipinski definition) is 1. The minimum absolute atomic E-state index is 0.377. The fraction of sp³-hybridized carbons (Fsp3) is 0. The maximum atomic E-state index is 11.6. The van der Waals surface area contributed by atoms with Gasteiger partial charge in [0, 0.05) is 17.8 Å². The Kier molecular flexibility index (Phi) is 1.76. The standard InChI is InChI=1S/C13H6N4O2/c18-11-6-1-2-8-7(10(6)17-13(11)19)5-9-12(16-8)15-4-3-14-9/h1-5H,(H,17,18,19). The van der Waals surface area contributed by atoms with E-state index >= 15 is 0 Å². The van der Waals surface area contributed by atoms with Gasteiger partial charge in [0.2, 0.25) is 0 Å². The Morgan fingerprint density at radius 1 is 1.00 bits per heavy atom. The normalized spacial score (nSPS) is 13.9. The highest BCUT2D eigenvalue weighted by atomic mass is 16.2. The molecule has 0 bridgehead atoms. The van der Waals surface area contributed by atoms with Crippen LogP contribution in [0.15, 0.2) is 30.6 Å². The van der Waals surface area contributed by atoms with Crippen LogP contribution in [-0.2, 0) is 4.79 Å². The molecule has 1 aromatic carbocycles. The number of benzene rings is 1. The average molecular weight is 250 g/mol. The molecule has 0 fully saturated rings. The van der Waals surface area contributed by atoms with E-state index in [-0.39, 0.29) is 0 Å². The number of aromatic nitrogens is 3. The molecule has 1 aliphatic heterocycles. The van der Waals surface area contributed by atoms with E-state index < -0.39 is 11.7 Å². The van der Waals surface area contributed by atoms with Crippen LogP contribution in [0.5, 0.6) is 0 Å². The Morgan fingerprint density at radius 3 is 2.74 bits per heavy atom. The largest absolute Gasteiger partial charge is 0.318 e. The lowest BCUT2D eigenvalue weighted by Gasteiger charge is -2.04. The van der Waals surface area contributed by atoms with Gasteiger partial charge in [-0.3, -0.25) is 14.6 Å². The molecule has 6 nitrogen and oxygen atoms in total. The maximum absolute atomic E-state index is 11.6. The first-order chi connectivity index (χ1) is 9.24. The predicted molar refractivity (Wildman–Crippen MR) is 67.8 cm³/mol. The third kappa shape index (κ3) is 1.28. The van der Waals surface area contributed by atoms with Crippen LogP contribution in [0.3, 0.4) is 0 Å². The SMILES string of the molecule is O=C1Nc2c(ccc3nc4nccnc4cc23)C1=O. The molecule has 0 atom stereocenters. The van der Waals surface area contributed by atoms with E-state index in [2.05, 4.69) is 20.3 Å². The molecule has 0 unspecified atom stereocenters. The lowest BCUT2D eigenvalue weighted by atomic mass is 10.1. The molecule has 4 rings (SSSR count). The minimum atomic E-state index is -0.609. The van der Waals surface area contributed by atoms with Gasteiger partial charge < -0.3 is 5.32 Å². The molecule has 3 heterocycles. The molecule has 2 aromatic heterocycles. The molecule has 0 radical (unpaired) electrons. The van der Waals surface area contributed by atoms with Crippen molar-refractivity contribution >= 4 is 39.4 Å². The number of Topliss-reactive ketones (excluding diaryl/α,β-unsaturated/α-hetero) is 1. The Morgan fingerprint density at radius 2 is 1.84 bits per heavy atom. The lowest BCUT2D eigenvalue weighted by molar-refractivity contribution is -0.112. The van der Waals surface area contributed by atoms with Crippen LogP contribution in [-0.4, -0.2) is 26.6 Å². The van der Waals surface area contributed by atoms with Crippen LogP contribution in [0.25, 0.3) is 22.1 Å². The van der Waals surface area contributed by atoms with Crippen molar-refractivity contribution in [3.8, 4) is 0 Å². The van der Waals surface area contributed by atoms with E-state index in [0.29, 0.717) is 33.3 Å². The summed E-state index contributed by atoms with van der Waals surface area (Å²) in [7, 11) is 0. The van der Waals surface area contributed by atoms with Crippen molar-refractivity contribution in [3.63, 3.8) is 0 Å². The Labute approximate surface area is 106 Å². The van der Waals surface area contributed by atoms with E-state index in [1.54, 1.807) is 30.6 Å². The van der Waals surface area contributed by atoms with E-state index in [4.69, 9.17) is 0 Å². The summed E-state index contributed by atoms with van der Waals surface area (Å²) in [6, 6.07) is 5.09. The highest BCUT2D eigenvalue weighted by molar-refractivity contribution is 6.52. The van der Waals surface area contributed by atoms with Crippen LogP contribution in [0.2, 0.25) is 0 Å². The summed E-state index contributed by atoms with van der Waals surface area (Å²) in [6.07, 6.45) is 3.14. The lowest BCUT2D eigenvalue weighted by Crippen LogP contribution is -2.12. The molecule has 3 aromatic rings. The zero-order chi connectivity index (χ0) is 13.0. The van der Waals surface area contributed by atoms with Crippen molar-refractivity contribution in [2.45, 2.75) is 0 Å². The second kappa shape index (κ2) is 3.32. The molecule has 6 heteroatoms. The van der Waals surface area contributed by atoms with Gasteiger partial charge >= 0.3 is 0 Å². The molecule has 1 amide bonds. The molecule has 19 heavy (non-hydrogen) atoms. The molecule has 1 N–H and O–H groups in total. The van der Waals surface area contributed by atoms with Gasteiger partial charge in [-0.1, -0.05) is 0 Å². The number of nitrogens with zero attached hydrogens (tertiary/aromatic N) is 3. The van der Waals surface area contributed by atoms with Crippen LogP contribution in [0.4, 0.5) is 5.69 Å². The summed E-state index contributed by atoms with van der Waals surface area (Å²) in [6.45, 7) is 0. The van der Waals surface area contributed by atoms with Crippen molar-refractivity contribution < 1.29 is 9.59 Å². The number of ketones is 1. The van der Waals surface area contributed by atoms with Crippen LogP contribution < -0.4 is 5.32 Å². The molecule has 1 aliphatic rings. The number of hydrogen-bond acceptors (Lipinski definition) is 5. The third-order valence-electron chi connectivity index (χ3n) is 3.13. The predicted octanol–water partition coefficient (Wildman–Crippen LogP) is 1.31. The first-order valence-corrected chi connectivity index (χ1v) is 5.64. The molecule has 0 spiro atoms. The summed E-state index contributed by atoms with van der Waals surface area (Å²) in [5.74, 6) is -1.13. The van der Waals surface area contributed by atoms with Gasteiger partial charge in [-0.25, -0.2) is 9.97 Å². The van der Waals surface area contributed by atoms with Crippen molar-refractivity contribution in [2.24, 2.45) is 0 Å². The molecule has 0 saturated carbocycles. The van der Waals surface area contributed by atoms with E-state index in [1.165, 1.54) is 0 Å². The molecule has 0 aliphatic carbocycles. The van der Waals surface area contributed by atoms with Gasteiger partial charge in [0.05, 0.1) is 16.8 Å². The number of nitrogens with one attached hydrogen (secondary N) is 1. The Bertz CT molecular complexity index is 888. The molecular formula is C13H6N4O2. The highest BCUT2D eigenvalue weighted by Crippen LogP contribution is 2.32. The third-order valence-corrected chi connectivity index (χ3v) is 3.13. The number of carbonyl (C=O) groups is 2. The van der Waals surface area contributed by atoms with Gasteiger partial charge in [-0.2, -0.15) is 0 Å². The monoisotopic (exact) mass is 250 g/mol. The van der Waals surface area contributed by atoms with Crippen molar-refractivity contribution in [3.05, 3.63) is 36.2 Å². The van der Waals surface area contributed by atoms with E-state index in [9.17, 15) is 9.59 Å². The molecule has 90 valence electrons. The maximum Gasteiger partial charge on any atom is 0.296 e. The number of fused-ring (bicyclic) bond motifs is 4. The van der Waals surface area contributed by atoms with Gasteiger partial charge in [-0.05, 0) is 18.2 Å². The number of anilines is 1. The minimum Gasteiger partial charge on any atom is -0.318 e. The Hall–Kier alpha value is -2.89. The highest BCUT2D eigenvalue weighted by Gasteiger charge is 2.29. The summed E-state index contributed by atoms with van der Waals surface area (Å²) in [4.78, 5) is 35.7. The average Bonchev–Trinajstić information content (AvgIpc) is 2.73. The first-order valence-electron chi connectivity index (χ1n) is 5.64. The van der Waals surface area contributed by atoms with Crippen LogP contribution in [0, 0.1) is 0 Å². The summed E-state index contributed by atoms with van der Waals surface area (Å²) in [5.41, 5.74) is 2.71. The van der Waals surface area contributed by atoms with Crippen molar-refractivity contribution in [2.75, 3.05) is 5.32 Å². The number of amides is 1. The fourth-order valence-electron chi connectivity index (χ4n) is 2.25. The summed E-state index contributed by atoms with van der Waals surface area (Å²) < 4.78 is 0. The molecular weight excluding hydrogens is 244 g/mol. The number of rotatable bonds is 0. The fourth-order valence-corrected chi connectivity index (χ4v) is 2.25. The second-order valence-electron chi connectivity index (χ2n) is 4.23. The van der Waals surface area contributed by atoms with Crippen molar-refractivity contribution in [1.29, 1.82) is 0 Å². The Balaban J connectivity index is 2.15. The van der Waals surface area contributed by atoms with Gasteiger partial charge in [0.15, 0.2) is 5.65 Å². The first kappa shape index (κ1) is 10.1. The summed E-state index contributed by atoms with van der Waals surface area (Å²) >= 11 is 0. The topological polar surface area (TPSA) is 84.8 Å². The summed E-state index contributed by atoms with van der Waals surface area (Å²) in [5, 5.41) is 3.28. The van der Waals surface area contributed by atoms with E-state index in [1.807, 2.05) is 0 Å². The quantitative estimate of drug-likeness (QED) is 0.480. The van der Waals surface area contributed by atoms with Gasteiger partial charge in [0.1, 0.15) is 5.52 Å². The molecule has 0 saturated heterocycles. The van der Waals surface area contributed by atoms with Gasteiger partial charge in [0.25, 0.3) is 11.7 Å². The number of carbonyl (C=O) groups excluding carboxylic acids is 2. The number of pyridine rings is 1. The van der Waals surface area contributed by atoms with Gasteiger partial charge in [-0.15, -0.1) is 0 Å². The van der Waals surface area contributed by atoms with Crippen LogP contribution in [0.1, 0.15) is 10.4 Å². The van der Waals surface area contributed by atoms with Crippen LogP contribution >= 0.6 is 0 Å². The smallest absolute Gasteiger partial charge is 0.296 e. The zero-order valence-electron chi connectivity index (χ0n) is 9.54.